The van der Waals surface area contributed by atoms with Crippen LogP contribution >= 0.6 is 0 Å². The fourth-order valence-electron chi connectivity index (χ4n) is 2.84. The lowest BCUT2D eigenvalue weighted by Crippen LogP contribution is -1.99. The van der Waals surface area contributed by atoms with E-state index in [0.717, 1.165) is 47.8 Å². The molecule has 0 aromatic heterocycles. The lowest BCUT2D eigenvalue weighted by molar-refractivity contribution is 0.412. The number of hydrogen-bond acceptors (Lipinski definition) is 3. The first-order valence-electron chi connectivity index (χ1n) is 6.92. The minimum atomic E-state index is 0.827. The summed E-state index contributed by atoms with van der Waals surface area (Å²) in [6, 6.07) is 9.68. The summed E-state index contributed by atoms with van der Waals surface area (Å²) in [4.78, 5) is 0. The van der Waals surface area contributed by atoms with Crippen LogP contribution < -0.4 is 15.2 Å². The maximum atomic E-state index is 6.10. The van der Waals surface area contributed by atoms with Crippen LogP contribution in [0.2, 0.25) is 0 Å². The molecule has 104 valence electrons. The van der Waals surface area contributed by atoms with Crippen molar-refractivity contribution >= 4 is 5.69 Å². The molecule has 0 unspecified atom stereocenters. The van der Waals surface area contributed by atoms with Crippen molar-refractivity contribution < 1.29 is 9.47 Å². The molecule has 0 atom stereocenters. The maximum absolute atomic E-state index is 6.10. The molecule has 0 aliphatic heterocycles. The summed E-state index contributed by atoms with van der Waals surface area (Å²) < 4.78 is 11.3. The monoisotopic (exact) mass is 269 g/mol. The first-order valence-corrected chi connectivity index (χ1v) is 6.92. The van der Waals surface area contributed by atoms with Crippen molar-refractivity contribution in [3.63, 3.8) is 0 Å². The van der Waals surface area contributed by atoms with Gasteiger partial charge >= 0.3 is 0 Å². The molecule has 0 saturated heterocycles. The average Bonchev–Trinajstić information content (AvgIpc) is 2.94. The Kier molecular flexibility index (Phi) is 3.26. The Labute approximate surface area is 119 Å². The summed E-state index contributed by atoms with van der Waals surface area (Å²) in [5.74, 6) is 2.63. The molecule has 3 rings (SSSR count). The third-order valence-corrected chi connectivity index (χ3v) is 3.85. The van der Waals surface area contributed by atoms with Crippen LogP contribution in [0.5, 0.6) is 17.2 Å². The number of benzene rings is 2. The molecule has 1 aliphatic carbocycles. The van der Waals surface area contributed by atoms with Gasteiger partial charge in [0.05, 0.1) is 7.11 Å². The van der Waals surface area contributed by atoms with E-state index in [1.807, 2.05) is 37.3 Å². The summed E-state index contributed by atoms with van der Waals surface area (Å²) in [5, 5.41) is 0. The summed E-state index contributed by atoms with van der Waals surface area (Å²) in [7, 11) is 1.66. The highest BCUT2D eigenvalue weighted by atomic mass is 16.5. The molecule has 2 aromatic carbocycles. The van der Waals surface area contributed by atoms with Gasteiger partial charge in [-0.2, -0.15) is 0 Å². The number of anilines is 1. The van der Waals surface area contributed by atoms with E-state index in [4.69, 9.17) is 15.2 Å². The van der Waals surface area contributed by atoms with Gasteiger partial charge in [0.15, 0.2) is 0 Å². The zero-order valence-electron chi connectivity index (χ0n) is 11.9. The Morgan fingerprint density at radius 1 is 1.00 bits per heavy atom. The minimum Gasteiger partial charge on any atom is -0.497 e. The highest BCUT2D eigenvalue weighted by Gasteiger charge is 2.21. The minimum absolute atomic E-state index is 0.827. The van der Waals surface area contributed by atoms with E-state index < -0.39 is 0 Å². The normalized spacial score (nSPS) is 13.1. The van der Waals surface area contributed by atoms with Gasteiger partial charge in [0.25, 0.3) is 0 Å². The molecule has 0 amide bonds. The van der Waals surface area contributed by atoms with Gasteiger partial charge in [0, 0.05) is 11.3 Å². The Hall–Kier alpha value is -2.16. The topological polar surface area (TPSA) is 44.5 Å². The van der Waals surface area contributed by atoms with Crippen molar-refractivity contribution in [3.8, 4) is 17.2 Å². The Bertz CT molecular complexity index is 632. The molecule has 0 spiro atoms. The van der Waals surface area contributed by atoms with E-state index in [1.165, 1.54) is 11.1 Å². The van der Waals surface area contributed by atoms with Gasteiger partial charge in [0.1, 0.15) is 17.2 Å². The molecule has 0 saturated carbocycles. The molecule has 2 aromatic rings. The SMILES string of the molecule is COc1ccc(Oc2c(C)cc(N)c3c2CCC3)cc1. The molecule has 3 nitrogen and oxygen atoms in total. The van der Waals surface area contributed by atoms with Crippen molar-refractivity contribution in [1.29, 1.82) is 0 Å². The van der Waals surface area contributed by atoms with Crippen molar-refractivity contribution in [2.45, 2.75) is 26.2 Å². The maximum Gasteiger partial charge on any atom is 0.133 e. The van der Waals surface area contributed by atoms with E-state index in [0.29, 0.717) is 0 Å². The fraction of sp³-hybridized carbons (Fsp3) is 0.294. The van der Waals surface area contributed by atoms with Crippen molar-refractivity contribution in [1.82, 2.24) is 0 Å². The van der Waals surface area contributed by atoms with Crippen LogP contribution in [-0.2, 0) is 12.8 Å². The Morgan fingerprint density at radius 2 is 1.65 bits per heavy atom. The van der Waals surface area contributed by atoms with E-state index in [1.54, 1.807) is 7.11 Å². The van der Waals surface area contributed by atoms with Crippen LogP contribution in [0.1, 0.15) is 23.1 Å². The van der Waals surface area contributed by atoms with Crippen molar-refractivity contribution in [2.75, 3.05) is 12.8 Å². The number of ether oxygens (including phenoxy) is 2. The predicted octanol–water partition coefficient (Wildman–Crippen LogP) is 3.87. The largest absolute Gasteiger partial charge is 0.497 e. The molecule has 0 heterocycles. The molecule has 0 fully saturated rings. The number of rotatable bonds is 3. The van der Waals surface area contributed by atoms with E-state index in [2.05, 4.69) is 0 Å². The summed E-state index contributed by atoms with van der Waals surface area (Å²) >= 11 is 0. The summed E-state index contributed by atoms with van der Waals surface area (Å²) in [6.07, 6.45) is 3.26. The third kappa shape index (κ3) is 2.20. The predicted molar refractivity (Wildman–Crippen MR) is 80.7 cm³/mol. The number of fused-ring (bicyclic) bond motifs is 1. The van der Waals surface area contributed by atoms with Gasteiger partial charge in [-0.25, -0.2) is 0 Å². The van der Waals surface area contributed by atoms with Gasteiger partial charge in [-0.15, -0.1) is 0 Å². The smallest absolute Gasteiger partial charge is 0.133 e. The third-order valence-electron chi connectivity index (χ3n) is 3.85. The molecule has 1 aliphatic rings. The molecule has 20 heavy (non-hydrogen) atoms. The zero-order chi connectivity index (χ0) is 14.1. The van der Waals surface area contributed by atoms with E-state index >= 15 is 0 Å². The van der Waals surface area contributed by atoms with Crippen LogP contribution in [-0.4, -0.2) is 7.11 Å². The van der Waals surface area contributed by atoms with Crippen LogP contribution in [0, 0.1) is 6.92 Å². The molecule has 2 N–H and O–H groups in total. The Morgan fingerprint density at radius 3 is 2.35 bits per heavy atom. The van der Waals surface area contributed by atoms with E-state index in [9.17, 15) is 0 Å². The second-order valence-electron chi connectivity index (χ2n) is 5.20. The van der Waals surface area contributed by atoms with E-state index in [-0.39, 0.29) is 0 Å². The van der Waals surface area contributed by atoms with Crippen LogP contribution in [0.3, 0.4) is 0 Å². The average molecular weight is 269 g/mol. The number of nitrogens with two attached hydrogens (primary N) is 1. The number of methoxy groups -OCH3 is 1. The Balaban J connectivity index is 1.96. The van der Waals surface area contributed by atoms with Gasteiger partial charge in [0.2, 0.25) is 0 Å². The highest BCUT2D eigenvalue weighted by molar-refractivity contribution is 5.62. The second-order valence-corrected chi connectivity index (χ2v) is 5.20. The lowest BCUT2D eigenvalue weighted by Gasteiger charge is -2.15. The molecule has 0 radical (unpaired) electrons. The number of hydrogen-bond donors (Lipinski definition) is 1. The van der Waals surface area contributed by atoms with Crippen LogP contribution in [0.25, 0.3) is 0 Å². The molecule has 3 heteroatoms. The molecular formula is C17H19NO2. The molecule has 0 bridgehead atoms. The summed E-state index contributed by atoms with van der Waals surface area (Å²) in [5.41, 5.74) is 10.6. The van der Waals surface area contributed by atoms with Gasteiger partial charge in [-0.05, 0) is 67.6 Å². The highest BCUT2D eigenvalue weighted by Crippen LogP contribution is 2.39. The van der Waals surface area contributed by atoms with Crippen molar-refractivity contribution in [2.24, 2.45) is 0 Å². The zero-order valence-corrected chi connectivity index (χ0v) is 11.9. The lowest BCUT2D eigenvalue weighted by atomic mass is 10.0. The molecular weight excluding hydrogens is 250 g/mol. The second kappa shape index (κ2) is 5.08. The number of aryl methyl sites for hydroxylation is 1. The van der Waals surface area contributed by atoms with Crippen LogP contribution in [0.4, 0.5) is 5.69 Å². The van der Waals surface area contributed by atoms with Gasteiger partial charge < -0.3 is 15.2 Å². The first-order chi connectivity index (χ1) is 9.69. The number of nitrogen functional groups attached to an aromatic ring is 1. The fourth-order valence-corrected chi connectivity index (χ4v) is 2.84. The quantitative estimate of drug-likeness (QED) is 0.860. The van der Waals surface area contributed by atoms with Crippen molar-refractivity contribution in [3.05, 3.63) is 47.0 Å². The summed E-state index contributed by atoms with van der Waals surface area (Å²) in [6.45, 7) is 2.05. The first kappa shape index (κ1) is 12.9. The standard InChI is InChI=1S/C17H19NO2/c1-11-10-16(18)14-4-3-5-15(14)17(11)20-13-8-6-12(19-2)7-9-13/h6-10H,3-5,18H2,1-2H3. The van der Waals surface area contributed by atoms with Crippen LogP contribution in [0.15, 0.2) is 30.3 Å². The van der Waals surface area contributed by atoms with Gasteiger partial charge in [-0.3, -0.25) is 0 Å². The van der Waals surface area contributed by atoms with Gasteiger partial charge in [-0.1, -0.05) is 0 Å².